The molecular formula is C27H41N5O4. The smallest absolute Gasteiger partial charge is 0.251 e. The summed E-state index contributed by atoms with van der Waals surface area (Å²) in [6, 6.07) is 4.59. The number of anilines is 1. The molecule has 0 bridgehead atoms. The number of likely N-dealkylation sites (tertiary alicyclic amines) is 2. The normalized spacial score (nSPS) is 21.4. The van der Waals surface area contributed by atoms with Crippen LogP contribution in [0, 0.1) is 11.3 Å². The SMILES string of the molecule is CC(C)C[C@H](NC(=O)c1ccc(N(C)C)cc1)C(=O)N1CCC2C1C(=O)CN2C(=O)[C@@H](N)C(C)(C)C. The number of nitrogens with one attached hydrogen (secondary N) is 1. The monoisotopic (exact) mass is 499 g/mol. The molecule has 198 valence electrons. The Balaban J connectivity index is 1.77. The zero-order chi connectivity index (χ0) is 26.9. The molecule has 2 aliphatic heterocycles. The van der Waals surface area contributed by atoms with Crippen LogP contribution in [0.1, 0.15) is 57.8 Å². The van der Waals surface area contributed by atoms with E-state index in [2.05, 4.69) is 5.32 Å². The first-order valence-corrected chi connectivity index (χ1v) is 12.7. The van der Waals surface area contributed by atoms with Crippen molar-refractivity contribution in [3.05, 3.63) is 29.8 Å². The van der Waals surface area contributed by atoms with E-state index in [1.165, 1.54) is 0 Å². The highest BCUT2D eigenvalue weighted by Gasteiger charge is 2.53. The zero-order valence-corrected chi connectivity index (χ0v) is 22.6. The summed E-state index contributed by atoms with van der Waals surface area (Å²) in [5.74, 6) is -0.881. The second-order valence-electron chi connectivity index (χ2n) is 11.7. The average Bonchev–Trinajstić information content (AvgIpc) is 3.37. The van der Waals surface area contributed by atoms with Crippen LogP contribution in [0.15, 0.2) is 24.3 Å². The van der Waals surface area contributed by atoms with Gasteiger partial charge >= 0.3 is 0 Å². The van der Waals surface area contributed by atoms with E-state index in [9.17, 15) is 19.2 Å². The first-order valence-electron chi connectivity index (χ1n) is 12.7. The van der Waals surface area contributed by atoms with E-state index in [0.29, 0.717) is 24.9 Å². The van der Waals surface area contributed by atoms with Crippen LogP contribution in [0.25, 0.3) is 0 Å². The van der Waals surface area contributed by atoms with Crippen LogP contribution >= 0.6 is 0 Å². The fraction of sp³-hybridized carbons (Fsp3) is 0.630. The number of rotatable bonds is 7. The first kappa shape index (κ1) is 27.6. The Morgan fingerprint density at radius 3 is 2.22 bits per heavy atom. The van der Waals surface area contributed by atoms with Gasteiger partial charge in [-0.3, -0.25) is 19.2 Å². The van der Waals surface area contributed by atoms with Crippen LogP contribution in [0.4, 0.5) is 5.69 Å². The Hall–Kier alpha value is -2.94. The maximum Gasteiger partial charge on any atom is 0.251 e. The average molecular weight is 500 g/mol. The van der Waals surface area contributed by atoms with Gasteiger partial charge in [-0.05, 0) is 48.4 Å². The molecule has 9 nitrogen and oxygen atoms in total. The van der Waals surface area contributed by atoms with E-state index in [-0.39, 0.29) is 42.0 Å². The van der Waals surface area contributed by atoms with Crippen molar-refractivity contribution in [3.8, 4) is 0 Å². The van der Waals surface area contributed by atoms with Crippen LogP contribution in [0.5, 0.6) is 0 Å². The van der Waals surface area contributed by atoms with Crippen molar-refractivity contribution in [3.63, 3.8) is 0 Å². The molecule has 3 amide bonds. The highest BCUT2D eigenvalue weighted by atomic mass is 16.2. The van der Waals surface area contributed by atoms with Gasteiger partial charge in [0.05, 0.1) is 18.6 Å². The lowest BCUT2D eigenvalue weighted by Gasteiger charge is -2.32. The maximum atomic E-state index is 13.7. The summed E-state index contributed by atoms with van der Waals surface area (Å²) in [6.45, 7) is 9.96. The van der Waals surface area contributed by atoms with Crippen LogP contribution in [0.2, 0.25) is 0 Å². The van der Waals surface area contributed by atoms with Crippen molar-refractivity contribution in [1.29, 1.82) is 0 Å². The van der Waals surface area contributed by atoms with Gasteiger partial charge in [-0.2, -0.15) is 0 Å². The van der Waals surface area contributed by atoms with Gasteiger partial charge in [-0.25, -0.2) is 0 Å². The number of carbonyl (C=O) groups excluding carboxylic acids is 4. The molecule has 3 N–H and O–H groups in total. The number of hydrogen-bond donors (Lipinski definition) is 2. The molecule has 0 spiro atoms. The Morgan fingerprint density at radius 2 is 1.69 bits per heavy atom. The van der Waals surface area contributed by atoms with Crippen LogP contribution in [-0.2, 0) is 14.4 Å². The predicted octanol–water partition coefficient (Wildman–Crippen LogP) is 1.65. The molecule has 1 aromatic rings. The van der Waals surface area contributed by atoms with Gasteiger partial charge in [0.2, 0.25) is 11.8 Å². The van der Waals surface area contributed by atoms with Crippen molar-refractivity contribution in [1.82, 2.24) is 15.1 Å². The van der Waals surface area contributed by atoms with Gasteiger partial charge in [0, 0.05) is 31.9 Å². The third-order valence-corrected chi connectivity index (χ3v) is 7.14. The number of nitrogens with two attached hydrogens (primary N) is 1. The summed E-state index contributed by atoms with van der Waals surface area (Å²) < 4.78 is 0. The van der Waals surface area contributed by atoms with Gasteiger partial charge in [-0.15, -0.1) is 0 Å². The van der Waals surface area contributed by atoms with Crippen molar-refractivity contribution >= 4 is 29.2 Å². The van der Waals surface area contributed by atoms with E-state index in [4.69, 9.17) is 5.73 Å². The van der Waals surface area contributed by atoms with Crippen molar-refractivity contribution in [2.75, 3.05) is 32.1 Å². The molecule has 0 saturated carbocycles. The Kier molecular flexibility index (Phi) is 8.13. The molecule has 4 atom stereocenters. The first-order chi connectivity index (χ1) is 16.7. The second kappa shape index (κ2) is 10.6. The number of nitrogens with zero attached hydrogens (tertiary/aromatic N) is 3. The van der Waals surface area contributed by atoms with Gasteiger partial charge in [0.1, 0.15) is 12.1 Å². The van der Waals surface area contributed by atoms with Gasteiger partial charge < -0.3 is 25.8 Å². The number of fused-ring (bicyclic) bond motifs is 1. The zero-order valence-electron chi connectivity index (χ0n) is 22.6. The van der Waals surface area contributed by atoms with Crippen LogP contribution in [0.3, 0.4) is 0 Å². The highest BCUT2D eigenvalue weighted by molar-refractivity contribution is 6.01. The summed E-state index contributed by atoms with van der Waals surface area (Å²) in [4.78, 5) is 57.8. The van der Waals surface area contributed by atoms with Gasteiger partial charge in [-0.1, -0.05) is 34.6 Å². The molecule has 1 aromatic carbocycles. The van der Waals surface area contributed by atoms with Gasteiger partial charge in [0.25, 0.3) is 5.91 Å². The molecule has 3 rings (SSSR count). The van der Waals surface area contributed by atoms with E-state index >= 15 is 0 Å². The molecular weight excluding hydrogens is 458 g/mol. The number of hydrogen-bond acceptors (Lipinski definition) is 6. The summed E-state index contributed by atoms with van der Waals surface area (Å²) in [5, 5.41) is 2.90. The number of amides is 3. The van der Waals surface area contributed by atoms with Crippen LogP contribution < -0.4 is 16.0 Å². The molecule has 2 saturated heterocycles. The Labute approximate surface area is 214 Å². The lowest BCUT2D eigenvalue weighted by molar-refractivity contribution is -0.138. The molecule has 9 heteroatoms. The van der Waals surface area contributed by atoms with Crippen molar-refractivity contribution in [2.45, 2.75) is 71.6 Å². The third-order valence-electron chi connectivity index (χ3n) is 7.14. The molecule has 2 aliphatic rings. The van der Waals surface area contributed by atoms with Crippen LogP contribution in [-0.4, -0.2) is 84.7 Å². The Morgan fingerprint density at radius 1 is 1.08 bits per heavy atom. The summed E-state index contributed by atoms with van der Waals surface area (Å²) in [5.41, 5.74) is 7.19. The lowest BCUT2D eigenvalue weighted by atomic mass is 9.86. The molecule has 0 radical (unpaired) electrons. The Bertz CT molecular complexity index is 998. The minimum absolute atomic E-state index is 0.0405. The summed E-state index contributed by atoms with van der Waals surface area (Å²) >= 11 is 0. The number of benzene rings is 1. The number of Topliss-reactive ketones (excluding diaryl/α,β-unsaturated/α-hetero) is 1. The summed E-state index contributed by atoms with van der Waals surface area (Å²) in [7, 11) is 3.84. The van der Waals surface area contributed by atoms with E-state index in [1.807, 2.05) is 65.7 Å². The minimum atomic E-state index is -0.765. The van der Waals surface area contributed by atoms with E-state index < -0.39 is 23.5 Å². The summed E-state index contributed by atoms with van der Waals surface area (Å²) in [6.07, 6.45) is 0.957. The second-order valence-corrected chi connectivity index (χ2v) is 11.7. The quantitative estimate of drug-likeness (QED) is 0.589. The van der Waals surface area contributed by atoms with Gasteiger partial charge in [0.15, 0.2) is 5.78 Å². The van der Waals surface area contributed by atoms with E-state index in [1.54, 1.807) is 21.9 Å². The molecule has 2 unspecified atom stereocenters. The predicted molar refractivity (Wildman–Crippen MR) is 140 cm³/mol. The highest BCUT2D eigenvalue weighted by Crippen LogP contribution is 2.32. The van der Waals surface area contributed by atoms with Crippen molar-refractivity contribution < 1.29 is 19.2 Å². The standard InChI is InChI=1S/C27H41N5O4/c1-16(2)14-19(29-24(34)17-8-10-18(11-9-17)30(6)7)25(35)31-13-12-20-22(31)21(33)15-32(20)26(36)23(28)27(3,4)5/h8-11,16,19-20,22-23H,12-15,28H2,1-7H3,(H,29,34)/t19-,20?,22?,23+/m0/s1. The number of carbonyl (C=O) groups is 4. The largest absolute Gasteiger partial charge is 0.378 e. The maximum absolute atomic E-state index is 13.7. The molecule has 2 heterocycles. The topological polar surface area (TPSA) is 116 Å². The third kappa shape index (κ3) is 5.72. The van der Waals surface area contributed by atoms with Crippen molar-refractivity contribution in [2.24, 2.45) is 17.1 Å². The molecule has 36 heavy (non-hydrogen) atoms. The lowest BCUT2D eigenvalue weighted by Crippen LogP contribution is -2.54. The number of ketones is 1. The minimum Gasteiger partial charge on any atom is -0.378 e. The van der Waals surface area contributed by atoms with E-state index in [0.717, 1.165) is 5.69 Å². The fourth-order valence-electron chi connectivity index (χ4n) is 4.95. The molecule has 0 aromatic heterocycles. The molecule has 2 fully saturated rings. The fourth-order valence-corrected chi connectivity index (χ4v) is 4.95. The molecule has 0 aliphatic carbocycles.